The summed E-state index contributed by atoms with van der Waals surface area (Å²) < 4.78 is 0. The lowest BCUT2D eigenvalue weighted by molar-refractivity contribution is 1.37. The van der Waals surface area contributed by atoms with Gasteiger partial charge in [-0.05, 0) is 49.2 Å². The average molecular weight is 290 g/mol. The largest absolute Gasteiger partial charge is 0.398 e. The average Bonchev–Trinajstić information content (AvgIpc) is 2.50. The quantitative estimate of drug-likeness (QED) is 0.572. The van der Waals surface area contributed by atoms with Crippen molar-refractivity contribution in [3.8, 4) is 0 Å². The highest BCUT2D eigenvalue weighted by Gasteiger charge is 2.05. The first kappa shape index (κ1) is 15.6. The van der Waals surface area contributed by atoms with Crippen molar-refractivity contribution >= 4 is 22.6 Å². The van der Waals surface area contributed by atoms with Crippen LogP contribution in [0.15, 0.2) is 67.8 Å². The van der Waals surface area contributed by atoms with Crippen LogP contribution in [0.5, 0.6) is 0 Å². The lowest BCUT2D eigenvalue weighted by Crippen LogP contribution is -1.97. The lowest BCUT2D eigenvalue weighted by atomic mass is 10.0. The number of rotatable bonds is 5. The molecule has 2 aromatic carbocycles. The second kappa shape index (κ2) is 6.81. The Bertz CT molecular complexity index is 739. The molecule has 0 bridgehead atoms. The van der Waals surface area contributed by atoms with E-state index in [1.165, 1.54) is 11.1 Å². The molecule has 0 aliphatic rings. The van der Waals surface area contributed by atoms with Gasteiger partial charge in [-0.25, -0.2) is 0 Å². The summed E-state index contributed by atoms with van der Waals surface area (Å²) in [6.45, 7) is 11.8. The summed E-state index contributed by atoms with van der Waals surface area (Å²) in [4.78, 5) is 0. The molecule has 2 aromatic rings. The summed E-state index contributed by atoms with van der Waals surface area (Å²) in [7, 11) is 0. The smallest absolute Gasteiger partial charge is 0.0414 e. The highest BCUT2D eigenvalue weighted by molar-refractivity contribution is 5.84. The van der Waals surface area contributed by atoms with Crippen LogP contribution in [-0.2, 0) is 0 Å². The molecule has 0 atom stereocenters. The molecular weight excluding hydrogens is 268 g/mol. The van der Waals surface area contributed by atoms with Gasteiger partial charge in [-0.15, -0.1) is 0 Å². The van der Waals surface area contributed by atoms with E-state index < -0.39 is 0 Å². The Balaban J connectivity index is 2.39. The Labute approximate surface area is 132 Å². The van der Waals surface area contributed by atoms with Crippen LogP contribution >= 0.6 is 0 Å². The van der Waals surface area contributed by atoms with Crippen molar-refractivity contribution in [2.45, 2.75) is 13.8 Å². The Hall–Kier alpha value is -2.74. The standard InChI is InChI=1S/C20H22N2/c1-5-7-16(6-2)18-13-17(9-10-19(18)21)22-20-11-8-14(3)12-15(20)4/h5-13,22H,1-2,21H2,3-4H3/b16-7+. The van der Waals surface area contributed by atoms with E-state index in [0.29, 0.717) is 0 Å². The molecule has 0 amide bonds. The zero-order chi connectivity index (χ0) is 16.1. The molecule has 0 spiro atoms. The molecule has 0 heterocycles. The number of hydrogen-bond donors (Lipinski definition) is 2. The van der Waals surface area contributed by atoms with Crippen LogP contribution in [0.3, 0.4) is 0 Å². The lowest BCUT2D eigenvalue weighted by Gasteiger charge is -2.13. The van der Waals surface area contributed by atoms with E-state index in [2.05, 4.69) is 50.5 Å². The molecule has 2 nitrogen and oxygen atoms in total. The van der Waals surface area contributed by atoms with Gasteiger partial charge in [0.05, 0.1) is 0 Å². The van der Waals surface area contributed by atoms with Gasteiger partial charge in [-0.1, -0.05) is 49.1 Å². The number of allylic oxidation sites excluding steroid dienone is 4. The van der Waals surface area contributed by atoms with E-state index in [-0.39, 0.29) is 0 Å². The number of benzene rings is 2. The topological polar surface area (TPSA) is 38.0 Å². The first-order valence-corrected chi connectivity index (χ1v) is 7.24. The highest BCUT2D eigenvalue weighted by Crippen LogP contribution is 2.28. The number of aryl methyl sites for hydroxylation is 2. The van der Waals surface area contributed by atoms with Gasteiger partial charge in [-0.2, -0.15) is 0 Å². The summed E-state index contributed by atoms with van der Waals surface area (Å²) >= 11 is 0. The molecule has 0 saturated heterocycles. The molecule has 0 aromatic heterocycles. The predicted octanol–water partition coefficient (Wildman–Crippen LogP) is 5.38. The van der Waals surface area contributed by atoms with E-state index in [0.717, 1.165) is 28.2 Å². The van der Waals surface area contributed by atoms with Crippen molar-refractivity contribution < 1.29 is 0 Å². The zero-order valence-electron chi connectivity index (χ0n) is 13.2. The minimum atomic E-state index is 0.721. The first-order valence-electron chi connectivity index (χ1n) is 7.24. The molecule has 0 radical (unpaired) electrons. The first-order chi connectivity index (χ1) is 10.5. The minimum absolute atomic E-state index is 0.721. The normalized spacial score (nSPS) is 11.1. The van der Waals surface area contributed by atoms with Crippen LogP contribution in [0, 0.1) is 13.8 Å². The van der Waals surface area contributed by atoms with E-state index in [1.54, 1.807) is 12.2 Å². The number of nitrogens with two attached hydrogens (primary N) is 1. The molecule has 0 aliphatic carbocycles. The molecule has 22 heavy (non-hydrogen) atoms. The van der Waals surface area contributed by atoms with Crippen LogP contribution in [0.25, 0.3) is 5.57 Å². The molecular formula is C20H22N2. The predicted molar refractivity (Wildman–Crippen MR) is 98.4 cm³/mol. The SMILES string of the molecule is C=C/C=C(\C=C)c1cc(Nc2ccc(C)cc2C)ccc1N. The van der Waals surface area contributed by atoms with Crippen molar-refractivity contribution in [1.82, 2.24) is 0 Å². The molecule has 3 N–H and O–H groups in total. The van der Waals surface area contributed by atoms with Gasteiger partial charge in [0, 0.05) is 22.6 Å². The van der Waals surface area contributed by atoms with E-state index in [9.17, 15) is 0 Å². The fraction of sp³-hybridized carbons (Fsp3) is 0.100. The Kier molecular flexibility index (Phi) is 4.84. The van der Waals surface area contributed by atoms with Crippen LogP contribution in [0.4, 0.5) is 17.1 Å². The molecule has 0 aliphatic heterocycles. The van der Waals surface area contributed by atoms with E-state index >= 15 is 0 Å². The van der Waals surface area contributed by atoms with Gasteiger partial charge in [-0.3, -0.25) is 0 Å². The maximum Gasteiger partial charge on any atom is 0.0414 e. The molecule has 2 rings (SSSR count). The van der Waals surface area contributed by atoms with Gasteiger partial charge in [0.15, 0.2) is 0 Å². The Morgan fingerprint density at radius 2 is 1.86 bits per heavy atom. The summed E-state index contributed by atoms with van der Waals surface area (Å²) in [6.07, 6.45) is 5.43. The van der Waals surface area contributed by atoms with Crippen molar-refractivity contribution in [3.63, 3.8) is 0 Å². The number of nitrogens with one attached hydrogen (secondary N) is 1. The van der Waals surface area contributed by atoms with Crippen LogP contribution in [0.2, 0.25) is 0 Å². The van der Waals surface area contributed by atoms with Gasteiger partial charge in [0.2, 0.25) is 0 Å². The van der Waals surface area contributed by atoms with Gasteiger partial charge in [0.1, 0.15) is 0 Å². The third kappa shape index (κ3) is 3.47. The van der Waals surface area contributed by atoms with Gasteiger partial charge in [0.25, 0.3) is 0 Å². The second-order valence-electron chi connectivity index (χ2n) is 5.31. The van der Waals surface area contributed by atoms with E-state index in [1.807, 2.05) is 24.3 Å². The third-order valence-corrected chi connectivity index (χ3v) is 3.54. The van der Waals surface area contributed by atoms with Crippen LogP contribution in [0.1, 0.15) is 16.7 Å². The van der Waals surface area contributed by atoms with Crippen molar-refractivity contribution in [2.75, 3.05) is 11.1 Å². The number of anilines is 3. The van der Waals surface area contributed by atoms with Crippen molar-refractivity contribution in [1.29, 1.82) is 0 Å². The monoisotopic (exact) mass is 290 g/mol. The Morgan fingerprint density at radius 3 is 2.50 bits per heavy atom. The molecule has 2 heteroatoms. The van der Waals surface area contributed by atoms with E-state index in [4.69, 9.17) is 5.73 Å². The summed E-state index contributed by atoms with van der Waals surface area (Å²) in [6, 6.07) is 12.3. The second-order valence-corrected chi connectivity index (χ2v) is 5.31. The molecule has 0 saturated carbocycles. The Morgan fingerprint density at radius 1 is 1.09 bits per heavy atom. The summed E-state index contributed by atoms with van der Waals surface area (Å²) in [5.74, 6) is 0. The minimum Gasteiger partial charge on any atom is -0.398 e. The van der Waals surface area contributed by atoms with Crippen LogP contribution in [-0.4, -0.2) is 0 Å². The third-order valence-electron chi connectivity index (χ3n) is 3.54. The summed E-state index contributed by atoms with van der Waals surface area (Å²) in [5.41, 5.74) is 13.3. The maximum absolute atomic E-state index is 6.09. The van der Waals surface area contributed by atoms with Crippen molar-refractivity contribution in [3.05, 3.63) is 84.5 Å². The number of nitrogen functional groups attached to an aromatic ring is 1. The number of hydrogen-bond acceptors (Lipinski definition) is 2. The molecule has 0 unspecified atom stereocenters. The maximum atomic E-state index is 6.09. The van der Waals surface area contributed by atoms with Gasteiger partial charge >= 0.3 is 0 Å². The highest BCUT2D eigenvalue weighted by atomic mass is 14.9. The fourth-order valence-corrected chi connectivity index (χ4v) is 2.39. The molecule has 0 fully saturated rings. The summed E-state index contributed by atoms with van der Waals surface area (Å²) in [5, 5.41) is 3.45. The van der Waals surface area contributed by atoms with Gasteiger partial charge < -0.3 is 11.1 Å². The zero-order valence-corrected chi connectivity index (χ0v) is 13.2. The molecule has 112 valence electrons. The fourth-order valence-electron chi connectivity index (χ4n) is 2.39. The van der Waals surface area contributed by atoms with Crippen molar-refractivity contribution in [2.24, 2.45) is 0 Å². The van der Waals surface area contributed by atoms with Crippen LogP contribution < -0.4 is 11.1 Å².